The van der Waals surface area contributed by atoms with Gasteiger partial charge >= 0.3 is 0 Å². The SMILES string of the molecule is Cc1ccccc1CCNC(=O)CN1C(=O)c2ccc([N+](=O)[O-])cc2C1=O. The Morgan fingerprint density at radius 1 is 1.11 bits per heavy atom. The van der Waals surface area contributed by atoms with Gasteiger partial charge in [0, 0.05) is 18.7 Å². The first-order chi connectivity index (χ1) is 12.9. The summed E-state index contributed by atoms with van der Waals surface area (Å²) in [5.41, 5.74) is 1.96. The molecule has 0 bridgehead atoms. The van der Waals surface area contributed by atoms with Crippen LogP contribution >= 0.6 is 0 Å². The summed E-state index contributed by atoms with van der Waals surface area (Å²) in [6.45, 7) is 1.93. The third kappa shape index (κ3) is 3.69. The summed E-state index contributed by atoms with van der Waals surface area (Å²) in [5, 5.41) is 13.5. The Bertz CT molecular complexity index is 954. The standard InChI is InChI=1S/C19H17N3O5/c1-12-4-2-3-5-13(12)8-9-20-17(23)11-21-18(24)15-7-6-14(22(26)27)10-16(15)19(21)25/h2-7,10H,8-9,11H2,1H3,(H,20,23). The maximum Gasteiger partial charge on any atom is 0.270 e. The maximum atomic E-state index is 12.4. The zero-order valence-corrected chi connectivity index (χ0v) is 14.6. The van der Waals surface area contributed by atoms with Crippen molar-refractivity contribution in [1.82, 2.24) is 10.2 Å². The number of aryl methyl sites for hydroxylation is 1. The summed E-state index contributed by atoms with van der Waals surface area (Å²) < 4.78 is 0. The van der Waals surface area contributed by atoms with Gasteiger partial charge in [0.25, 0.3) is 17.5 Å². The van der Waals surface area contributed by atoms with Crippen molar-refractivity contribution in [2.75, 3.05) is 13.1 Å². The molecular weight excluding hydrogens is 350 g/mol. The minimum Gasteiger partial charge on any atom is -0.354 e. The summed E-state index contributed by atoms with van der Waals surface area (Å²) in [6.07, 6.45) is 0.632. The molecule has 27 heavy (non-hydrogen) atoms. The van der Waals surface area contributed by atoms with Crippen LogP contribution in [0.3, 0.4) is 0 Å². The Balaban J connectivity index is 1.61. The first-order valence-corrected chi connectivity index (χ1v) is 8.34. The van der Waals surface area contributed by atoms with Crippen LogP contribution in [-0.4, -0.2) is 40.6 Å². The minimum atomic E-state index is -0.701. The number of nitrogens with one attached hydrogen (secondary N) is 1. The predicted octanol–water partition coefficient (Wildman–Crippen LogP) is 1.86. The van der Waals surface area contributed by atoms with Crippen LogP contribution in [0.5, 0.6) is 0 Å². The van der Waals surface area contributed by atoms with E-state index in [9.17, 15) is 24.5 Å². The van der Waals surface area contributed by atoms with Crippen molar-refractivity contribution in [3.05, 3.63) is 74.8 Å². The number of non-ortho nitro benzene ring substituents is 1. The quantitative estimate of drug-likeness (QED) is 0.476. The van der Waals surface area contributed by atoms with Crippen molar-refractivity contribution in [3.63, 3.8) is 0 Å². The third-order valence-corrected chi connectivity index (χ3v) is 4.44. The third-order valence-electron chi connectivity index (χ3n) is 4.44. The van der Waals surface area contributed by atoms with Crippen molar-refractivity contribution in [2.45, 2.75) is 13.3 Å². The number of amides is 3. The van der Waals surface area contributed by atoms with Gasteiger partial charge in [0.05, 0.1) is 16.1 Å². The lowest BCUT2D eigenvalue weighted by molar-refractivity contribution is -0.384. The molecule has 0 aliphatic carbocycles. The van der Waals surface area contributed by atoms with E-state index in [4.69, 9.17) is 0 Å². The van der Waals surface area contributed by atoms with E-state index in [1.807, 2.05) is 31.2 Å². The molecule has 0 aromatic heterocycles. The van der Waals surface area contributed by atoms with Crippen molar-refractivity contribution >= 4 is 23.4 Å². The smallest absolute Gasteiger partial charge is 0.270 e. The van der Waals surface area contributed by atoms with E-state index in [0.717, 1.165) is 28.2 Å². The Kier molecular flexibility index (Phi) is 4.98. The summed E-state index contributed by atoms with van der Waals surface area (Å²) >= 11 is 0. The van der Waals surface area contributed by atoms with E-state index in [0.29, 0.717) is 13.0 Å². The van der Waals surface area contributed by atoms with Crippen molar-refractivity contribution in [1.29, 1.82) is 0 Å². The second-order valence-electron chi connectivity index (χ2n) is 6.21. The Morgan fingerprint density at radius 2 is 1.81 bits per heavy atom. The van der Waals surface area contributed by atoms with Gasteiger partial charge in [-0.2, -0.15) is 0 Å². The largest absolute Gasteiger partial charge is 0.354 e. The van der Waals surface area contributed by atoms with E-state index in [2.05, 4.69) is 5.32 Å². The monoisotopic (exact) mass is 367 g/mol. The molecule has 1 aliphatic heterocycles. The highest BCUT2D eigenvalue weighted by Gasteiger charge is 2.37. The lowest BCUT2D eigenvalue weighted by Gasteiger charge is -2.14. The van der Waals surface area contributed by atoms with Crippen LogP contribution in [0.15, 0.2) is 42.5 Å². The first kappa shape index (κ1) is 18.2. The molecule has 0 unspecified atom stereocenters. The summed E-state index contributed by atoms with van der Waals surface area (Å²) in [4.78, 5) is 47.8. The van der Waals surface area contributed by atoms with Crippen LogP contribution in [-0.2, 0) is 11.2 Å². The summed E-state index contributed by atoms with van der Waals surface area (Å²) in [5.74, 6) is -1.79. The zero-order valence-electron chi connectivity index (χ0n) is 14.6. The van der Waals surface area contributed by atoms with Gasteiger partial charge < -0.3 is 5.32 Å². The Labute approximate surface area is 154 Å². The van der Waals surface area contributed by atoms with Gasteiger partial charge in [-0.15, -0.1) is 0 Å². The highest BCUT2D eigenvalue weighted by atomic mass is 16.6. The Morgan fingerprint density at radius 3 is 2.52 bits per heavy atom. The zero-order chi connectivity index (χ0) is 19.6. The minimum absolute atomic E-state index is 0.0538. The van der Waals surface area contributed by atoms with Gasteiger partial charge in [-0.05, 0) is 30.5 Å². The number of hydrogen-bond acceptors (Lipinski definition) is 5. The normalized spacial score (nSPS) is 12.9. The van der Waals surface area contributed by atoms with Gasteiger partial charge in [-0.3, -0.25) is 29.4 Å². The van der Waals surface area contributed by atoms with E-state index in [-0.39, 0.29) is 16.8 Å². The molecule has 3 rings (SSSR count). The second-order valence-corrected chi connectivity index (χ2v) is 6.21. The summed E-state index contributed by atoms with van der Waals surface area (Å²) in [7, 11) is 0. The molecule has 8 nitrogen and oxygen atoms in total. The van der Waals surface area contributed by atoms with Crippen LogP contribution in [0.25, 0.3) is 0 Å². The van der Waals surface area contributed by atoms with Crippen LogP contribution in [0.4, 0.5) is 5.69 Å². The molecule has 1 N–H and O–H groups in total. The average Bonchev–Trinajstić information content (AvgIpc) is 2.88. The number of hydrogen-bond donors (Lipinski definition) is 1. The number of fused-ring (bicyclic) bond motifs is 1. The van der Waals surface area contributed by atoms with Crippen molar-refractivity contribution in [2.24, 2.45) is 0 Å². The molecule has 1 aliphatic rings. The molecular formula is C19H17N3O5. The van der Waals surface area contributed by atoms with Gasteiger partial charge in [0.15, 0.2) is 0 Å². The average molecular weight is 367 g/mol. The van der Waals surface area contributed by atoms with Crippen molar-refractivity contribution in [3.8, 4) is 0 Å². The molecule has 1 heterocycles. The fraction of sp³-hybridized carbons (Fsp3) is 0.211. The number of carbonyl (C=O) groups is 3. The van der Waals surface area contributed by atoms with Gasteiger partial charge in [-0.25, -0.2) is 0 Å². The number of imide groups is 1. The predicted molar refractivity (Wildman–Crippen MR) is 96.4 cm³/mol. The van der Waals surface area contributed by atoms with E-state index in [1.54, 1.807) is 0 Å². The van der Waals surface area contributed by atoms with E-state index < -0.39 is 29.2 Å². The molecule has 2 aromatic rings. The van der Waals surface area contributed by atoms with Crippen LogP contribution in [0, 0.1) is 17.0 Å². The van der Waals surface area contributed by atoms with E-state index >= 15 is 0 Å². The van der Waals surface area contributed by atoms with Gasteiger partial charge in [0.1, 0.15) is 6.54 Å². The molecule has 138 valence electrons. The van der Waals surface area contributed by atoms with Gasteiger partial charge in [-0.1, -0.05) is 24.3 Å². The van der Waals surface area contributed by atoms with E-state index in [1.165, 1.54) is 6.07 Å². The Hall–Kier alpha value is -3.55. The fourth-order valence-electron chi connectivity index (χ4n) is 2.96. The molecule has 0 atom stereocenters. The number of benzene rings is 2. The lowest BCUT2D eigenvalue weighted by atomic mass is 10.1. The fourth-order valence-corrected chi connectivity index (χ4v) is 2.96. The number of nitro benzene ring substituents is 1. The highest BCUT2D eigenvalue weighted by Crippen LogP contribution is 2.26. The highest BCUT2D eigenvalue weighted by molar-refractivity contribution is 6.22. The number of rotatable bonds is 6. The molecule has 3 amide bonds. The van der Waals surface area contributed by atoms with Gasteiger partial charge in [0.2, 0.25) is 5.91 Å². The molecule has 2 aromatic carbocycles. The van der Waals surface area contributed by atoms with Crippen LogP contribution in [0.1, 0.15) is 31.8 Å². The molecule has 0 fully saturated rings. The number of carbonyl (C=O) groups excluding carboxylic acids is 3. The van der Waals surface area contributed by atoms with Crippen LogP contribution < -0.4 is 5.32 Å². The summed E-state index contributed by atoms with van der Waals surface area (Å²) in [6, 6.07) is 11.3. The molecule has 8 heteroatoms. The second kappa shape index (κ2) is 7.36. The topological polar surface area (TPSA) is 110 Å². The first-order valence-electron chi connectivity index (χ1n) is 8.34. The molecule has 0 saturated heterocycles. The van der Waals surface area contributed by atoms with Crippen LogP contribution in [0.2, 0.25) is 0 Å². The maximum absolute atomic E-state index is 12.4. The molecule has 0 radical (unpaired) electrons. The molecule has 0 spiro atoms. The lowest BCUT2D eigenvalue weighted by Crippen LogP contribution is -2.40. The number of nitrogens with zero attached hydrogens (tertiary/aromatic N) is 2. The van der Waals surface area contributed by atoms with Crippen molar-refractivity contribution < 1.29 is 19.3 Å². The molecule has 0 saturated carbocycles. The number of nitro groups is 1.